The molecule has 3 aromatic carbocycles. The molecule has 2 aliphatic heterocycles. The van der Waals surface area contributed by atoms with Crippen molar-refractivity contribution in [3.05, 3.63) is 90.0 Å². The lowest BCUT2D eigenvalue weighted by molar-refractivity contribution is -0.119. The third-order valence-corrected chi connectivity index (χ3v) is 6.82. The number of nitrogens with zero attached hydrogens (tertiary/aromatic N) is 3. The highest BCUT2D eigenvalue weighted by Crippen LogP contribution is 2.32. The number of hydrogen-bond acceptors (Lipinski definition) is 4. The van der Waals surface area contributed by atoms with Gasteiger partial charge in [-0.15, -0.1) is 0 Å². The minimum absolute atomic E-state index is 0.192. The fraction of sp³-hybridized carbons (Fsp3) is 0.345. The molecule has 5 rings (SSSR count). The number of piperazine rings is 1. The van der Waals surface area contributed by atoms with Crippen LogP contribution in [0.4, 0.5) is 11.4 Å². The number of carbonyl (C=O) groups is 1. The van der Waals surface area contributed by atoms with Crippen molar-refractivity contribution in [3.8, 4) is 5.75 Å². The van der Waals surface area contributed by atoms with E-state index in [4.69, 9.17) is 4.74 Å². The van der Waals surface area contributed by atoms with Crippen LogP contribution in [0.5, 0.6) is 5.75 Å². The lowest BCUT2D eigenvalue weighted by Gasteiger charge is -2.36. The van der Waals surface area contributed by atoms with Gasteiger partial charge < -0.3 is 14.5 Å². The maximum Gasteiger partial charge on any atom is 0.227 e. The molecular weight excluding hydrogens is 422 g/mol. The molecule has 5 nitrogen and oxygen atoms in total. The molecule has 0 radical (unpaired) electrons. The fourth-order valence-electron chi connectivity index (χ4n) is 4.91. The van der Waals surface area contributed by atoms with Gasteiger partial charge >= 0.3 is 0 Å². The second kappa shape index (κ2) is 10.7. The summed E-state index contributed by atoms with van der Waals surface area (Å²) in [7, 11) is 0. The van der Waals surface area contributed by atoms with Gasteiger partial charge in [0.2, 0.25) is 5.91 Å². The second-order valence-corrected chi connectivity index (χ2v) is 9.12. The number of anilines is 2. The van der Waals surface area contributed by atoms with Gasteiger partial charge in [0.15, 0.2) is 0 Å². The lowest BCUT2D eigenvalue weighted by Crippen LogP contribution is -2.46. The van der Waals surface area contributed by atoms with Crippen molar-refractivity contribution in [2.45, 2.75) is 25.8 Å². The van der Waals surface area contributed by atoms with Gasteiger partial charge in [0, 0.05) is 50.5 Å². The molecule has 0 bridgehead atoms. The summed E-state index contributed by atoms with van der Waals surface area (Å²) in [5.41, 5.74) is 4.68. The molecule has 0 aliphatic carbocycles. The van der Waals surface area contributed by atoms with Crippen LogP contribution in [0.3, 0.4) is 0 Å². The largest absolute Gasteiger partial charge is 0.494 e. The van der Waals surface area contributed by atoms with E-state index in [0.717, 1.165) is 62.6 Å². The zero-order valence-corrected chi connectivity index (χ0v) is 19.7. The van der Waals surface area contributed by atoms with E-state index in [2.05, 4.69) is 58.3 Å². The Bertz CT molecular complexity index is 1080. The van der Waals surface area contributed by atoms with Crippen LogP contribution in [-0.4, -0.2) is 50.1 Å². The van der Waals surface area contributed by atoms with Crippen molar-refractivity contribution in [1.82, 2.24) is 4.90 Å². The summed E-state index contributed by atoms with van der Waals surface area (Å²) in [5.74, 6) is 1.10. The van der Waals surface area contributed by atoms with Gasteiger partial charge in [-0.3, -0.25) is 9.69 Å². The Hall–Kier alpha value is -3.31. The van der Waals surface area contributed by atoms with E-state index in [0.29, 0.717) is 19.6 Å². The zero-order valence-electron chi connectivity index (χ0n) is 19.7. The number of para-hydroxylation sites is 1. The van der Waals surface area contributed by atoms with E-state index >= 15 is 0 Å². The van der Waals surface area contributed by atoms with Gasteiger partial charge in [0.05, 0.1) is 13.2 Å². The predicted octanol–water partition coefficient (Wildman–Crippen LogP) is 4.76. The molecule has 34 heavy (non-hydrogen) atoms. The Kier molecular flexibility index (Phi) is 7.10. The Labute approximate surface area is 202 Å². The average Bonchev–Trinajstić information content (AvgIpc) is 2.90. The van der Waals surface area contributed by atoms with Crippen LogP contribution in [0.25, 0.3) is 0 Å². The van der Waals surface area contributed by atoms with E-state index in [9.17, 15) is 4.79 Å². The Morgan fingerprint density at radius 3 is 2.29 bits per heavy atom. The van der Waals surface area contributed by atoms with Crippen molar-refractivity contribution in [3.63, 3.8) is 0 Å². The van der Waals surface area contributed by atoms with Gasteiger partial charge in [0.1, 0.15) is 5.75 Å². The summed E-state index contributed by atoms with van der Waals surface area (Å²) < 4.78 is 6.09. The quantitative estimate of drug-likeness (QED) is 0.459. The highest BCUT2D eigenvalue weighted by atomic mass is 16.5. The molecule has 176 valence electrons. The highest BCUT2D eigenvalue weighted by molar-refractivity contribution is 5.96. The van der Waals surface area contributed by atoms with Crippen molar-refractivity contribution >= 4 is 17.3 Å². The monoisotopic (exact) mass is 455 g/mol. The Morgan fingerprint density at radius 2 is 1.53 bits per heavy atom. The Balaban J connectivity index is 1.09. The minimum atomic E-state index is 0.192. The van der Waals surface area contributed by atoms with Crippen LogP contribution >= 0.6 is 0 Å². The molecule has 1 amide bonds. The topological polar surface area (TPSA) is 36.0 Å². The number of aryl methyl sites for hydroxylation is 1. The smallest absolute Gasteiger partial charge is 0.227 e. The average molecular weight is 456 g/mol. The number of amides is 1. The molecule has 2 aliphatic rings. The normalized spacial score (nSPS) is 16.4. The van der Waals surface area contributed by atoms with Crippen LogP contribution in [0.1, 0.15) is 24.0 Å². The summed E-state index contributed by atoms with van der Waals surface area (Å²) in [4.78, 5) is 19.5. The molecule has 1 saturated heterocycles. The second-order valence-electron chi connectivity index (χ2n) is 9.12. The standard InChI is InChI=1S/C29H33N3O2/c33-29-15-12-25-22-27(13-14-28(25)32(29)23-24-8-3-1-4-9-24)34-21-7-16-30-17-19-31(20-18-30)26-10-5-2-6-11-26/h1-6,8-11,13-14,22H,7,12,15-21,23H2. The van der Waals surface area contributed by atoms with Gasteiger partial charge in [-0.25, -0.2) is 0 Å². The van der Waals surface area contributed by atoms with E-state index in [1.54, 1.807) is 0 Å². The molecule has 0 unspecified atom stereocenters. The van der Waals surface area contributed by atoms with E-state index in [1.165, 1.54) is 11.3 Å². The highest BCUT2D eigenvalue weighted by Gasteiger charge is 2.24. The number of hydrogen-bond donors (Lipinski definition) is 0. The molecule has 0 N–H and O–H groups in total. The fourth-order valence-corrected chi connectivity index (χ4v) is 4.91. The van der Waals surface area contributed by atoms with Gasteiger partial charge in [-0.1, -0.05) is 48.5 Å². The summed E-state index contributed by atoms with van der Waals surface area (Å²) in [5, 5.41) is 0. The first kappa shape index (κ1) is 22.5. The summed E-state index contributed by atoms with van der Waals surface area (Å²) in [6.07, 6.45) is 2.35. The van der Waals surface area contributed by atoms with Crippen LogP contribution in [0.2, 0.25) is 0 Å². The summed E-state index contributed by atoms with van der Waals surface area (Å²) in [6.45, 7) is 6.74. The third-order valence-electron chi connectivity index (χ3n) is 6.82. The number of carbonyl (C=O) groups excluding carboxylic acids is 1. The summed E-state index contributed by atoms with van der Waals surface area (Å²) >= 11 is 0. The Morgan fingerprint density at radius 1 is 0.794 bits per heavy atom. The predicted molar refractivity (Wildman–Crippen MR) is 138 cm³/mol. The minimum Gasteiger partial charge on any atom is -0.494 e. The molecule has 2 heterocycles. The first-order valence-electron chi connectivity index (χ1n) is 12.4. The van der Waals surface area contributed by atoms with Crippen LogP contribution in [0, 0.1) is 0 Å². The SMILES string of the molecule is O=C1CCc2cc(OCCCN3CCN(c4ccccc4)CC3)ccc2N1Cc1ccccc1. The van der Waals surface area contributed by atoms with Crippen molar-refractivity contribution in [2.75, 3.05) is 49.1 Å². The van der Waals surface area contributed by atoms with Crippen LogP contribution < -0.4 is 14.5 Å². The van der Waals surface area contributed by atoms with Crippen molar-refractivity contribution < 1.29 is 9.53 Å². The molecule has 0 saturated carbocycles. The number of rotatable bonds is 8. The van der Waals surface area contributed by atoms with Gasteiger partial charge in [-0.2, -0.15) is 0 Å². The molecule has 0 spiro atoms. The van der Waals surface area contributed by atoms with Crippen molar-refractivity contribution in [2.24, 2.45) is 0 Å². The van der Waals surface area contributed by atoms with Crippen LogP contribution in [0.15, 0.2) is 78.9 Å². The van der Waals surface area contributed by atoms with Crippen molar-refractivity contribution in [1.29, 1.82) is 0 Å². The van der Waals surface area contributed by atoms with E-state index in [-0.39, 0.29) is 5.91 Å². The molecular formula is C29H33N3O2. The van der Waals surface area contributed by atoms with Crippen LogP contribution in [-0.2, 0) is 17.8 Å². The first-order chi connectivity index (χ1) is 16.8. The van der Waals surface area contributed by atoms with E-state index in [1.807, 2.05) is 35.2 Å². The lowest BCUT2D eigenvalue weighted by atomic mass is 10.00. The van der Waals surface area contributed by atoms with Gasteiger partial charge in [-0.05, 0) is 54.3 Å². The van der Waals surface area contributed by atoms with Gasteiger partial charge in [0.25, 0.3) is 0 Å². The zero-order chi connectivity index (χ0) is 23.2. The maximum atomic E-state index is 12.6. The molecule has 0 aromatic heterocycles. The molecule has 5 heteroatoms. The van der Waals surface area contributed by atoms with E-state index < -0.39 is 0 Å². The maximum absolute atomic E-state index is 12.6. The molecule has 3 aromatic rings. The number of benzene rings is 3. The molecule has 1 fully saturated rings. The number of fused-ring (bicyclic) bond motifs is 1. The molecule has 0 atom stereocenters. The third kappa shape index (κ3) is 5.42. The summed E-state index contributed by atoms with van der Waals surface area (Å²) in [6, 6.07) is 27.0. The first-order valence-corrected chi connectivity index (χ1v) is 12.4. The number of ether oxygens (including phenoxy) is 1.